The summed E-state index contributed by atoms with van der Waals surface area (Å²) in [5.74, 6) is 0.547. The van der Waals surface area contributed by atoms with E-state index in [1.165, 1.54) is 0 Å². The molecule has 3 rings (SSSR count). The van der Waals surface area contributed by atoms with Crippen LogP contribution in [-0.4, -0.2) is 15.9 Å². The number of aromatic amines is 1. The highest BCUT2D eigenvalue weighted by Crippen LogP contribution is 2.23. The van der Waals surface area contributed by atoms with Crippen molar-refractivity contribution in [3.63, 3.8) is 0 Å². The van der Waals surface area contributed by atoms with Gasteiger partial charge in [0.15, 0.2) is 0 Å². The number of para-hydroxylation sites is 2. The molecule has 4 nitrogen and oxygen atoms in total. The van der Waals surface area contributed by atoms with Crippen LogP contribution < -0.4 is 5.32 Å². The molecule has 1 amide bonds. The van der Waals surface area contributed by atoms with E-state index in [-0.39, 0.29) is 5.91 Å². The lowest BCUT2D eigenvalue weighted by Gasteiger charge is -2.04. The highest BCUT2D eigenvalue weighted by Gasteiger charge is 2.09. The zero-order chi connectivity index (χ0) is 14.8. The SMILES string of the molecule is O=C(NCc1nc2ccccc2[nH]1)c1ccc(Cl)c(Br)c1. The van der Waals surface area contributed by atoms with E-state index in [4.69, 9.17) is 11.6 Å². The molecule has 0 saturated carbocycles. The van der Waals surface area contributed by atoms with Gasteiger partial charge in [0.05, 0.1) is 22.6 Å². The predicted molar refractivity (Wildman–Crippen MR) is 86.4 cm³/mol. The fourth-order valence-electron chi connectivity index (χ4n) is 1.99. The van der Waals surface area contributed by atoms with Crippen LogP contribution in [-0.2, 0) is 6.54 Å². The molecular formula is C15H11BrClN3O. The quantitative estimate of drug-likeness (QED) is 0.740. The average molecular weight is 365 g/mol. The van der Waals surface area contributed by atoms with E-state index < -0.39 is 0 Å². The number of nitrogens with one attached hydrogen (secondary N) is 2. The van der Waals surface area contributed by atoms with Gasteiger partial charge in [-0.25, -0.2) is 4.98 Å². The Hall–Kier alpha value is -1.85. The van der Waals surface area contributed by atoms with Gasteiger partial charge < -0.3 is 10.3 Å². The summed E-state index contributed by atoms with van der Waals surface area (Å²) in [5, 5.41) is 3.40. The summed E-state index contributed by atoms with van der Waals surface area (Å²) in [6, 6.07) is 12.8. The molecule has 0 radical (unpaired) electrons. The summed E-state index contributed by atoms with van der Waals surface area (Å²) in [5.41, 5.74) is 2.38. The number of carbonyl (C=O) groups is 1. The third-order valence-corrected chi connectivity index (χ3v) is 4.25. The van der Waals surface area contributed by atoms with Crippen LogP contribution in [0, 0.1) is 0 Å². The van der Waals surface area contributed by atoms with Gasteiger partial charge in [-0.05, 0) is 46.3 Å². The van der Waals surface area contributed by atoms with E-state index >= 15 is 0 Å². The Morgan fingerprint density at radius 2 is 2.10 bits per heavy atom. The highest BCUT2D eigenvalue weighted by molar-refractivity contribution is 9.10. The molecule has 106 valence electrons. The van der Waals surface area contributed by atoms with Crippen molar-refractivity contribution in [3.8, 4) is 0 Å². The minimum absolute atomic E-state index is 0.173. The summed E-state index contributed by atoms with van der Waals surface area (Å²) in [6.07, 6.45) is 0. The van der Waals surface area contributed by atoms with Gasteiger partial charge in [0.25, 0.3) is 5.91 Å². The second kappa shape index (κ2) is 5.87. The van der Waals surface area contributed by atoms with Crippen LogP contribution in [0.4, 0.5) is 0 Å². The monoisotopic (exact) mass is 363 g/mol. The number of fused-ring (bicyclic) bond motifs is 1. The molecular weight excluding hydrogens is 354 g/mol. The number of H-pyrrole nitrogens is 1. The van der Waals surface area contributed by atoms with E-state index in [0.29, 0.717) is 21.6 Å². The summed E-state index contributed by atoms with van der Waals surface area (Å²) in [6.45, 7) is 0.341. The van der Waals surface area contributed by atoms with Crippen LogP contribution >= 0.6 is 27.5 Å². The van der Waals surface area contributed by atoms with Gasteiger partial charge in [-0.3, -0.25) is 4.79 Å². The minimum atomic E-state index is -0.173. The van der Waals surface area contributed by atoms with Crippen molar-refractivity contribution in [3.05, 3.63) is 63.3 Å². The first-order chi connectivity index (χ1) is 10.1. The van der Waals surface area contributed by atoms with E-state index in [0.717, 1.165) is 16.9 Å². The van der Waals surface area contributed by atoms with Crippen molar-refractivity contribution < 1.29 is 4.79 Å². The molecule has 0 aliphatic heterocycles. The standard InChI is InChI=1S/C15H11BrClN3O/c16-10-7-9(5-6-11(10)17)15(21)18-8-14-19-12-3-1-2-4-13(12)20-14/h1-7H,8H2,(H,18,21)(H,19,20). The molecule has 0 fully saturated rings. The van der Waals surface area contributed by atoms with Crippen LogP contribution in [0.5, 0.6) is 0 Å². The third kappa shape index (κ3) is 3.09. The number of aromatic nitrogens is 2. The lowest BCUT2D eigenvalue weighted by Crippen LogP contribution is -2.23. The Morgan fingerprint density at radius 1 is 1.29 bits per heavy atom. The van der Waals surface area contributed by atoms with Crippen molar-refractivity contribution in [2.75, 3.05) is 0 Å². The molecule has 0 unspecified atom stereocenters. The first-order valence-electron chi connectivity index (χ1n) is 6.30. The highest BCUT2D eigenvalue weighted by atomic mass is 79.9. The Balaban J connectivity index is 1.71. The van der Waals surface area contributed by atoms with Gasteiger partial charge in [-0.15, -0.1) is 0 Å². The summed E-state index contributed by atoms with van der Waals surface area (Å²) >= 11 is 9.21. The third-order valence-electron chi connectivity index (χ3n) is 3.04. The van der Waals surface area contributed by atoms with E-state index in [1.54, 1.807) is 18.2 Å². The number of rotatable bonds is 3. The lowest BCUT2D eigenvalue weighted by molar-refractivity contribution is 0.0950. The zero-order valence-corrected chi connectivity index (χ0v) is 13.2. The summed E-state index contributed by atoms with van der Waals surface area (Å²) in [4.78, 5) is 19.7. The second-order valence-corrected chi connectivity index (χ2v) is 5.77. The maximum Gasteiger partial charge on any atom is 0.251 e. The number of hydrogen-bond donors (Lipinski definition) is 2. The summed E-state index contributed by atoms with van der Waals surface area (Å²) < 4.78 is 0.695. The van der Waals surface area contributed by atoms with E-state index in [9.17, 15) is 4.79 Å². The second-order valence-electron chi connectivity index (χ2n) is 4.51. The van der Waals surface area contributed by atoms with Crippen molar-refractivity contribution in [2.45, 2.75) is 6.54 Å². The Kier molecular flexibility index (Phi) is 3.94. The van der Waals surface area contributed by atoms with Gasteiger partial charge >= 0.3 is 0 Å². The number of nitrogens with zero attached hydrogens (tertiary/aromatic N) is 1. The molecule has 6 heteroatoms. The van der Waals surface area contributed by atoms with Crippen molar-refractivity contribution >= 4 is 44.5 Å². The van der Waals surface area contributed by atoms with Gasteiger partial charge in [-0.1, -0.05) is 23.7 Å². The lowest BCUT2D eigenvalue weighted by atomic mass is 10.2. The zero-order valence-electron chi connectivity index (χ0n) is 10.9. The van der Waals surface area contributed by atoms with Crippen LogP contribution in [0.1, 0.15) is 16.2 Å². The van der Waals surface area contributed by atoms with E-state index in [1.807, 2.05) is 24.3 Å². The number of hydrogen-bond acceptors (Lipinski definition) is 2. The summed E-state index contributed by atoms with van der Waals surface area (Å²) in [7, 11) is 0. The first-order valence-corrected chi connectivity index (χ1v) is 7.47. The largest absolute Gasteiger partial charge is 0.345 e. The molecule has 1 heterocycles. The number of carbonyl (C=O) groups excluding carboxylic acids is 1. The average Bonchev–Trinajstić information content (AvgIpc) is 2.90. The smallest absolute Gasteiger partial charge is 0.251 e. The van der Waals surface area contributed by atoms with Gasteiger partial charge in [0.2, 0.25) is 0 Å². The number of amides is 1. The van der Waals surface area contributed by atoms with E-state index in [2.05, 4.69) is 31.2 Å². The molecule has 0 bridgehead atoms. The Bertz CT molecular complexity index is 783. The van der Waals surface area contributed by atoms with Crippen LogP contribution in [0.15, 0.2) is 46.9 Å². The molecule has 2 aromatic carbocycles. The van der Waals surface area contributed by atoms with Crippen molar-refractivity contribution in [2.24, 2.45) is 0 Å². The number of benzene rings is 2. The fourth-order valence-corrected chi connectivity index (χ4v) is 2.49. The van der Waals surface area contributed by atoms with Crippen LogP contribution in [0.25, 0.3) is 11.0 Å². The molecule has 0 atom stereocenters. The molecule has 2 N–H and O–H groups in total. The molecule has 3 aromatic rings. The first kappa shape index (κ1) is 14.1. The maximum absolute atomic E-state index is 12.1. The molecule has 0 saturated heterocycles. The topological polar surface area (TPSA) is 57.8 Å². The number of imidazole rings is 1. The Labute approximate surface area is 134 Å². The van der Waals surface area contributed by atoms with Crippen molar-refractivity contribution in [1.82, 2.24) is 15.3 Å². The van der Waals surface area contributed by atoms with Crippen LogP contribution in [0.3, 0.4) is 0 Å². The maximum atomic E-state index is 12.1. The Morgan fingerprint density at radius 3 is 2.86 bits per heavy atom. The normalized spacial score (nSPS) is 10.8. The predicted octanol–water partition coefficient (Wildman–Crippen LogP) is 3.91. The van der Waals surface area contributed by atoms with Gasteiger partial charge in [-0.2, -0.15) is 0 Å². The molecule has 0 spiro atoms. The number of halogens is 2. The van der Waals surface area contributed by atoms with Crippen LogP contribution in [0.2, 0.25) is 5.02 Å². The minimum Gasteiger partial charge on any atom is -0.345 e. The molecule has 0 aliphatic rings. The van der Waals surface area contributed by atoms with Gasteiger partial charge in [0, 0.05) is 10.0 Å². The van der Waals surface area contributed by atoms with Crippen molar-refractivity contribution in [1.29, 1.82) is 0 Å². The fraction of sp³-hybridized carbons (Fsp3) is 0.0667. The molecule has 1 aromatic heterocycles. The molecule has 0 aliphatic carbocycles. The van der Waals surface area contributed by atoms with Gasteiger partial charge in [0.1, 0.15) is 5.82 Å². The molecule has 21 heavy (non-hydrogen) atoms.